The molecule has 70 valence electrons. The standard InChI is InChI=1S/C7H5Cl2NOS2/c8-12-4-2-1-3-5(13-9)6(4)7(10)11/h1-3H,(H2,10,11). The Morgan fingerprint density at radius 1 is 1.23 bits per heavy atom. The summed E-state index contributed by atoms with van der Waals surface area (Å²) in [6.45, 7) is 0. The second-order valence-electron chi connectivity index (χ2n) is 2.15. The topological polar surface area (TPSA) is 43.1 Å². The minimum Gasteiger partial charge on any atom is -0.366 e. The highest BCUT2D eigenvalue weighted by atomic mass is 35.7. The van der Waals surface area contributed by atoms with Crippen LogP contribution in [0, 0.1) is 0 Å². The summed E-state index contributed by atoms with van der Waals surface area (Å²) in [4.78, 5) is 12.3. The maximum atomic E-state index is 11.0. The molecule has 2 N–H and O–H groups in total. The second kappa shape index (κ2) is 5.00. The zero-order chi connectivity index (χ0) is 9.84. The Bertz CT molecular complexity index is 310. The maximum absolute atomic E-state index is 11.0. The number of carbonyl (C=O) groups is 1. The molecule has 1 amide bonds. The van der Waals surface area contributed by atoms with E-state index in [0.717, 1.165) is 22.0 Å². The molecule has 13 heavy (non-hydrogen) atoms. The van der Waals surface area contributed by atoms with Gasteiger partial charge < -0.3 is 5.73 Å². The summed E-state index contributed by atoms with van der Waals surface area (Å²) in [6, 6.07) is 5.20. The first-order chi connectivity index (χ1) is 6.20. The molecular weight excluding hydrogens is 249 g/mol. The van der Waals surface area contributed by atoms with Crippen LogP contribution in [0.1, 0.15) is 10.4 Å². The average molecular weight is 254 g/mol. The van der Waals surface area contributed by atoms with Crippen LogP contribution in [0.5, 0.6) is 0 Å². The van der Waals surface area contributed by atoms with Gasteiger partial charge in [0.25, 0.3) is 5.91 Å². The van der Waals surface area contributed by atoms with Crippen molar-refractivity contribution in [2.45, 2.75) is 9.79 Å². The zero-order valence-electron chi connectivity index (χ0n) is 6.29. The summed E-state index contributed by atoms with van der Waals surface area (Å²) < 4.78 is 0. The lowest BCUT2D eigenvalue weighted by Crippen LogP contribution is -2.13. The number of carbonyl (C=O) groups excluding carboxylic acids is 1. The highest BCUT2D eigenvalue weighted by molar-refractivity contribution is 8.21. The van der Waals surface area contributed by atoms with Crippen LogP contribution in [0.2, 0.25) is 0 Å². The zero-order valence-corrected chi connectivity index (χ0v) is 9.43. The Hall–Kier alpha value is -0.0300. The van der Waals surface area contributed by atoms with Crippen molar-refractivity contribution in [2.75, 3.05) is 0 Å². The van der Waals surface area contributed by atoms with Crippen LogP contribution in [0.25, 0.3) is 0 Å². The van der Waals surface area contributed by atoms with Gasteiger partial charge in [-0.15, -0.1) is 0 Å². The number of benzene rings is 1. The Labute approximate surface area is 93.2 Å². The van der Waals surface area contributed by atoms with Gasteiger partial charge in [-0.2, -0.15) is 0 Å². The van der Waals surface area contributed by atoms with Gasteiger partial charge in [-0.25, -0.2) is 0 Å². The predicted octanol–water partition coefficient (Wildman–Crippen LogP) is 3.28. The van der Waals surface area contributed by atoms with E-state index in [2.05, 4.69) is 0 Å². The molecule has 0 fully saturated rings. The van der Waals surface area contributed by atoms with Gasteiger partial charge >= 0.3 is 0 Å². The van der Waals surface area contributed by atoms with Crippen molar-refractivity contribution < 1.29 is 4.79 Å². The van der Waals surface area contributed by atoms with E-state index in [4.69, 9.17) is 27.1 Å². The highest BCUT2D eigenvalue weighted by Gasteiger charge is 2.13. The van der Waals surface area contributed by atoms with Crippen LogP contribution in [0.4, 0.5) is 0 Å². The fraction of sp³-hybridized carbons (Fsp3) is 0. The number of halogens is 2. The van der Waals surface area contributed by atoms with Gasteiger partial charge in [0.05, 0.1) is 5.56 Å². The maximum Gasteiger partial charge on any atom is 0.251 e. The van der Waals surface area contributed by atoms with Crippen LogP contribution in [0.15, 0.2) is 28.0 Å². The number of hydrogen-bond donors (Lipinski definition) is 1. The van der Waals surface area contributed by atoms with E-state index in [1.165, 1.54) is 0 Å². The molecule has 0 spiro atoms. The monoisotopic (exact) mass is 253 g/mol. The van der Waals surface area contributed by atoms with E-state index in [0.29, 0.717) is 15.4 Å². The third kappa shape index (κ3) is 2.47. The summed E-state index contributed by atoms with van der Waals surface area (Å²) in [6.07, 6.45) is 0. The first-order valence-corrected chi connectivity index (χ1v) is 6.49. The number of primary amides is 1. The fourth-order valence-electron chi connectivity index (χ4n) is 0.882. The normalized spacial score (nSPS) is 10.0. The molecule has 0 aliphatic rings. The van der Waals surface area contributed by atoms with Gasteiger partial charge in [0, 0.05) is 9.79 Å². The summed E-state index contributed by atoms with van der Waals surface area (Å²) in [5, 5.41) is 0. The van der Waals surface area contributed by atoms with E-state index in [1.807, 2.05) is 0 Å². The molecule has 2 nitrogen and oxygen atoms in total. The molecule has 1 aromatic rings. The number of rotatable bonds is 3. The predicted molar refractivity (Wildman–Crippen MR) is 58.4 cm³/mol. The van der Waals surface area contributed by atoms with Crippen LogP contribution in [0.3, 0.4) is 0 Å². The van der Waals surface area contributed by atoms with Crippen molar-refractivity contribution in [3.63, 3.8) is 0 Å². The van der Waals surface area contributed by atoms with Crippen LogP contribution >= 0.6 is 43.3 Å². The van der Waals surface area contributed by atoms with Crippen molar-refractivity contribution in [3.05, 3.63) is 23.8 Å². The molecule has 0 saturated heterocycles. The second-order valence-corrected chi connectivity index (χ2v) is 4.26. The third-order valence-corrected chi connectivity index (χ3v) is 3.41. The molecule has 0 aliphatic carbocycles. The Kier molecular flexibility index (Phi) is 4.25. The van der Waals surface area contributed by atoms with E-state index in [1.54, 1.807) is 18.2 Å². The van der Waals surface area contributed by atoms with Crippen LogP contribution in [-0.4, -0.2) is 5.91 Å². The van der Waals surface area contributed by atoms with Gasteiger partial charge in [0.15, 0.2) is 0 Å². The highest BCUT2D eigenvalue weighted by Crippen LogP contribution is 2.34. The quantitative estimate of drug-likeness (QED) is 0.900. The summed E-state index contributed by atoms with van der Waals surface area (Å²) >= 11 is 0. The lowest BCUT2D eigenvalue weighted by atomic mass is 10.2. The molecule has 0 aliphatic heterocycles. The molecule has 0 heterocycles. The minimum absolute atomic E-state index is 0.377. The first-order valence-electron chi connectivity index (χ1n) is 3.20. The van der Waals surface area contributed by atoms with Gasteiger partial charge in [0.2, 0.25) is 0 Å². The van der Waals surface area contributed by atoms with Crippen molar-refractivity contribution in [1.82, 2.24) is 0 Å². The summed E-state index contributed by atoms with van der Waals surface area (Å²) in [5.41, 5.74) is 5.56. The van der Waals surface area contributed by atoms with Gasteiger partial charge in [-0.1, -0.05) is 6.07 Å². The Morgan fingerprint density at radius 2 is 1.69 bits per heavy atom. The van der Waals surface area contributed by atoms with E-state index in [9.17, 15) is 4.79 Å². The lowest BCUT2D eigenvalue weighted by molar-refractivity contribution is 0.0994. The molecular formula is C7H5Cl2NOS2. The summed E-state index contributed by atoms with van der Waals surface area (Å²) in [5.74, 6) is -0.521. The molecule has 0 bridgehead atoms. The van der Waals surface area contributed by atoms with E-state index >= 15 is 0 Å². The van der Waals surface area contributed by atoms with Crippen molar-refractivity contribution >= 4 is 49.2 Å². The largest absolute Gasteiger partial charge is 0.366 e. The van der Waals surface area contributed by atoms with Crippen molar-refractivity contribution in [1.29, 1.82) is 0 Å². The smallest absolute Gasteiger partial charge is 0.251 e. The Morgan fingerprint density at radius 3 is 2.00 bits per heavy atom. The molecule has 0 atom stereocenters. The lowest BCUT2D eigenvalue weighted by Gasteiger charge is -2.05. The van der Waals surface area contributed by atoms with Crippen LogP contribution < -0.4 is 5.73 Å². The van der Waals surface area contributed by atoms with Crippen LogP contribution in [-0.2, 0) is 0 Å². The third-order valence-electron chi connectivity index (χ3n) is 1.40. The molecule has 0 aromatic heterocycles. The van der Waals surface area contributed by atoms with E-state index < -0.39 is 5.91 Å². The SMILES string of the molecule is NC(=O)c1c(SCl)cccc1SCl. The molecule has 1 aromatic carbocycles. The first kappa shape index (κ1) is 11.0. The van der Waals surface area contributed by atoms with Gasteiger partial charge in [-0.05, 0) is 55.4 Å². The number of hydrogen-bond acceptors (Lipinski definition) is 3. The number of amides is 1. The molecule has 0 unspecified atom stereocenters. The van der Waals surface area contributed by atoms with Crippen molar-refractivity contribution in [2.24, 2.45) is 5.73 Å². The average Bonchev–Trinajstić information content (AvgIpc) is 2.16. The van der Waals surface area contributed by atoms with Crippen molar-refractivity contribution in [3.8, 4) is 0 Å². The molecule has 6 heteroatoms. The summed E-state index contributed by atoms with van der Waals surface area (Å²) in [7, 11) is 13.0. The van der Waals surface area contributed by atoms with Gasteiger partial charge in [0.1, 0.15) is 0 Å². The van der Waals surface area contributed by atoms with E-state index in [-0.39, 0.29) is 0 Å². The van der Waals surface area contributed by atoms with Gasteiger partial charge in [-0.3, -0.25) is 4.79 Å². The molecule has 0 radical (unpaired) electrons. The fourth-order valence-corrected chi connectivity index (χ4v) is 2.55. The molecule has 0 saturated carbocycles. The molecule has 1 rings (SSSR count). The Balaban J connectivity index is 3.29. The number of nitrogens with two attached hydrogens (primary N) is 1. The minimum atomic E-state index is -0.521.